The van der Waals surface area contributed by atoms with Crippen molar-refractivity contribution >= 4 is 41.0 Å². The first-order valence-corrected chi connectivity index (χ1v) is 13.5. The van der Waals surface area contributed by atoms with Gasteiger partial charge in [-0.05, 0) is 43.5 Å². The van der Waals surface area contributed by atoms with Crippen molar-refractivity contribution in [3.8, 4) is 0 Å². The zero-order chi connectivity index (χ0) is 26.4. The highest BCUT2D eigenvalue weighted by atomic mass is 16.2. The summed E-state index contributed by atoms with van der Waals surface area (Å²) in [6.07, 6.45) is 4.81. The third-order valence-electron chi connectivity index (χ3n) is 8.74. The van der Waals surface area contributed by atoms with Gasteiger partial charge in [0, 0.05) is 70.0 Å². The van der Waals surface area contributed by atoms with E-state index in [0.717, 1.165) is 81.0 Å². The Kier molecular flexibility index (Phi) is 6.22. The summed E-state index contributed by atoms with van der Waals surface area (Å²) in [7, 11) is 1.58. The maximum Gasteiger partial charge on any atom is 0.238 e. The number of carbonyl (C=O) groups is 3. The van der Waals surface area contributed by atoms with Crippen molar-refractivity contribution < 1.29 is 14.4 Å². The number of rotatable bonds is 8. The maximum atomic E-state index is 13.7. The number of amides is 2. The minimum absolute atomic E-state index is 0.0133. The Morgan fingerprint density at radius 2 is 1.87 bits per heavy atom. The Morgan fingerprint density at radius 1 is 1.13 bits per heavy atom. The van der Waals surface area contributed by atoms with Crippen LogP contribution in [-0.4, -0.2) is 86.4 Å². The van der Waals surface area contributed by atoms with Gasteiger partial charge in [0.25, 0.3) is 0 Å². The Bertz CT molecular complexity index is 1230. The molecule has 1 aliphatic carbocycles. The number of nitrogens with zero attached hydrogens (tertiary/aromatic N) is 5. The number of fused-ring (bicyclic) bond motifs is 2. The van der Waals surface area contributed by atoms with E-state index in [2.05, 4.69) is 31.1 Å². The first-order chi connectivity index (χ1) is 18.4. The molecule has 1 aromatic carbocycles. The molecule has 10 heteroatoms. The average molecular weight is 518 g/mol. The lowest BCUT2D eigenvalue weighted by Crippen LogP contribution is -2.63. The molecule has 38 heavy (non-hydrogen) atoms. The summed E-state index contributed by atoms with van der Waals surface area (Å²) in [5.74, 6) is 0.424. The smallest absolute Gasteiger partial charge is 0.238 e. The van der Waals surface area contributed by atoms with Gasteiger partial charge in [0.2, 0.25) is 11.8 Å². The quantitative estimate of drug-likeness (QED) is 0.501. The summed E-state index contributed by atoms with van der Waals surface area (Å²) in [6, 6.07) is 9.85. The second-order valence-electron chi connectivity index (χ2n) is 10.9. The van der Waals surface area contributed by atoms with Crippen LogP contribution in [0, 0.1) is 0 Å². The summed E-state index contributed by atoms with van der Waals surface area (Å²) in [5.41, 5.74) is 9.36. The van der Waals surface area contributed by atoms with Crippen molar-refractivity contribution in [2.75, 3.05) is 66.7 Å². The molecule has 2 aromatic rings. The molecular weight excluding hydrogens is 482 g/mol. The summed E-state index contributed by atoms with van der Waals surface area (Å²) < 4.78 is 0. The Labute approximate surface area is 222 Å². The van der Waals surface area contributed by atoms with Crippen LogP contribution in [0.5, 0.6) is 0 Å². The van der Waals surface area contributed by atoms with Gasteiger partial charge < -0.3 is 30.5 Å². The van der Waals surface area contributed by atoms with Crippen LogP contribution in [0.4, 0.5) is 22.9 Å². The predicted molar refractivity (Wildman–Crippen MR) is 146 cm³/mol. The lowest BCUT2D eigenvalue weighted by molar-refractivity contribution is -0.123. The molecule has 1 spiro atoms. The first kappa shape index (κ1) is 24.7. The van der Waals surface area contributed by atoms with E-state index in [4.69, 9.17) is 5.73 Å². The highest BCUT2D eigenvalue weighted by molar-refractivity contribution is 6.13. The van der Waals surface area contributed by atoms with Crippen LogP contribution < -0.4 is 25.8 Å². The fourth-order valence-electron chi connectivity index (χ4n) is 6.32. The zero-order valence-electron chi connectivity index (χ0n) is 21.8. The molecule has 3 aliphatic heterocycles. The lowest BCUT2D eigenvalue weighted by atomic mass is 9.94. The van der Waals surface area contributed by atoms with Gasteiger partial charge in [-0.15, -0.1) is 0 Å². The molecule has 1 atom stereocenters. The van der Waals surface area contributed by atoms with E-state index < -0.39 is 11.5 Å². The molecule has 3 fully saturated rings. The number of aromatic nitrogens is 1. The van der Waals surface area contributed by atoms with Crippen molar-refractivity contribution in [3.05, 3.63) is 42.1 Å². The number of benzene rings is 1. The Hall–Kier alpha value is -3.66. The molecule has 4 aliphatic rings. The third kappa shape index (κ3) is 4.07. The van der Waals surface area contributed by atoms with Crippen LogP contribution >= 0.6 is 0 Å². The fourth-order valence-corrected chi connectivity index (χ4v) is 6.32. The third-order valence-corrected chi connectivity index (χ3v) is 8.74. The molecule has 1 aromatic heterocycles. The fraction of sp³-hybridized carbons (Fsp3) is 0.500. The van der Waals surface area contributed by atoms with Gasteiger partial charge in [0.1, 0.15) is 12.1 Å². The van der Waals surface area contributed by atoms with Crippen molar-refractivity contribution in [1.82, 2.24) is 15.2 Å². The second kappa shape index (κ2) is 9.58. The van der Waals surface area contributed by atoms with Crippen molar-refractivity contribution in [2.45, 2.75) is 43.2 Å². The van der Waals surface area contributed by atoms with E-state index in [1.165, 1.54) is 0 Å². The summed E-state index contributed by atoms with van der Waals surface area (Å²) in [6.45, 7) is 5.71. The number of hydrogen-bond donors (Lipinski definition) is 2. The first-order valence-electron chi connectivity index (χ1n) is 13.5. The van der Waals surface area contributed by atoms with Crippen molar-refractivity contribution in [3.63, 3.8) is 0 Å². The summed E-state index contributed by atoms with van der Waals surface area (Å²) in [4.78, 5) is 50.8. The van der Waals surface area contributed by atoms with Crippen LogP contribution in [0.3, 0.4) is 0 Å². The molecule has 1 saturated carbocycles. The van der Waals surface area contributed by atoms with E-state index in [-0.39, 0.29) is 18.2 Å². The molecule has 2 amide bonds. The molecule has 3 N–H and O–H groups in total. The molecule has 2 saturated heterocycles. The van der Waals surface area contributed by atoms with Crippen LogP contribution in [0.1, 0.15) is 31.2 Å². The number of aldehydes is 1. The van der Waals surface area contributed by atoms with E-state index in [0.29, 0.717) is 18.3 Å². The van der Waals surface area contributed by atoms with Crippen molar-refractivity contribution in [2.24, 2.45) is 0 Å². The number of pyridine rings is 1. The molecule has 1 unspecified atom stereocenters. The van der Waals surface area contributed by atoms with Crippen LogP contribution in [0.2, 0.25) is 0 Å². The van der Waals surface area contributed by atoms with Gasteiger partial charge in [-0.2, -0.15) is 0 Å². The number of anilines is 4. The SMILES string of the molecule is CNC(=O)CCC(C=O)N1C(=O)C2(CC2)c2c(N3CCN(C4CN(c5ccc(N)nc5)C4)CC3)cccc21. The van der Waals surface area contributed by atoms with E-state index in [1.807, 2.05) is 30.5 Å². The van der Waals surface area contributed by atoms with Crippen molar-refractivity contribution in [1.29, 1.82) is 0 Å². The molecule has 6 rings (SSSR count). The molecule has 0 bridgehead atoms. The molecule has 4 heterocycles. The normalized spacial score (nSPS) is 21.3. The molecule has 0 radical (unpaired) electrons. The van der Waals surface area contributed by atoms with E-state index >= 15 is 0 Å². The summed E-state index contributed by atoms with van der Waals surface area (Å²) in [5, 5.41) is 2.60. The largest absolute Gasteiger partial charge is 0.384 e. The van der Waals surface area contributed by atoms with Gasteiger partial charge in [-0.3, -0.25) is 14.5 Å². The van der Waals surface area contributed by atoms with Gasteiger partial charge in [0.05, 0.1) is 29.0 Å². The van der Waals surface area contributed by atoms with E-state index in [1.54, 1.807) is 11.9 Å². The van der Waals surface area contributed by atoms with Crippen LogP contribution in [-0.2, 0) is 19.8 Å². The average Bonchev–Trinajstić information content (AvgIpc) is 3.68. The minimum Gasteiger partial charge on any atom is -0.384 e. The van der Waals surface area contributed by atoms with Gasteiger partial charge in [-0.1, -0.05) is 6.07 Å². The number of nitrogen functional groups attached to an aromatic ring is 1. The summed E-state index contributed by atoms with van der Waals surface area (Å²) >= 11 is 0. The van der Waals surface area contributed by atoms with Crippen LogP contribution in [0.25, 0.3) is 0 Å². The number of hydrogen-bond acceptors (Lipinski definition) is 8. The molecule has 10 nitrogen and oxygen atoms in total. The van der Waals surface area contributed by atoms with Gasteiger partial charge >= 0.3 is 0 Å². The topological polar surface area (TPSA) is 115 Å². The number of nitrogens with one attached hydrogen (secondary N) is 1. The Balaban J connectivity index is 1.15. The maximum absolute atomic E-state index is 13.7. The minimum atomic E-state index is -0.636. The molecule has 200 valence electrons. The van der Waals surface area contributed by atoms with Gasteiger partial charge in [0.15, 0.2) is 0 Å². The van der Waals surface area contributed by atoms with Crippen LogP contribution in [0.15, 0.2) is 36.5 Å². The highest BCUT2D eigenvalue weighted by Gasteiger charge is 2.61. The number of carbonyl (C=O) groups excluding carboxylic acids is 3. The lowest BCUT2D eigenvalue weighted by Gasteiger charge is -2.49. The Morgan fingerprint density at radius 3 is 2.50 bits per heavy atom. The number of nitrogens with two attached hydrogens (primary N) is 1. The second-order valence-corrected chi connectivity index (χ2v) is 10.9. The number of piperazine rings is 1. The van der Waals surface area contributed by atoms with Gasteiger partial charge in [-0.25, -0.2) is 4.98 Å². The predicted octanol–water partition coefficient (Wildman–Crippen LogP) is 1.15. The zero-order valence-corrected chi connectivity index (χ0v) is 21.8. The van der Waals surface area contributed by atoms with E-state index in [9.17, 15) is 14.4 Å². The standard InChI is InChI=1S/C28H35N7O3/c1-30-25(37)8-6-20(18-36)35-23-4-2-3-22(26(23)28(9-10-28)27(35)38)33-13-11-32(12-14-33)21-16-34(17-21)19-5-7-24(29)31-15-19/h2-5,7,15,18,20-21H,6,8-14,16-17H2,1H3,(H2,29,31)(H,30,37). The monoisotopic (exact) mass is 517 g/mol. The highest BCUT2D eigenvalue weighted by Crippen LogP contribution is 2.60. The molecular formula is C28H35N7O3.